The molecule has 0 saturated heterocycles. The van der Waals surface area contributed by atoms with Gasteiger partial charge in [0.2, 0.25) is 10.0 Å². The van der Waals surface area contributed by atoms with Crippen LogP contribution in [0.1, 0.15) is 30.6 Å². The van der Waals surface area contributed by atoms with E-state index in [-0.39, 0.29) is 23.1 Å². The number of ether oxygens (including phenoxy) is 2. The summed E-state index contributed by atoms with van der Waals surface area (Å²) >= 11 is 0. The van der Waals surface area contributed by atoms with Gasteiger partial charge in [0, 0.05) is 32.5 Å². The van der Waals surface area contributed by atoms with E-state index in [1.807, 2.05) is 13.8 Å². The highest BCUT2D eigenvalue weighted by atomic mass is 32.2. The molecule has 0 unspecified atom stereocenters. The third-order valence-corrected chi connectivity index (χ3v) is 4.68. The van der Waals surface area contributed by atoms with Gasteiger partial charge in [-0.3, -0.25) is 0 Å². The van der Waals surface area contributed by atoms with Crippen molar-refractivity contribution in [1.82, 2.24) is 4.72 Å². The van der Waals surface area contributed by atoms with Gasteiger partial charge in [-0.2, -0.15) is 0 Å². The fraction of sp³-hybridized carbons (Fsp3) is 0.562. The van der Waals surface area contributed by atoms with Crippen LogP contribution in [-0.4, -0.2) is 59.0 Å². The number of sulfonamides is 1. The van der Waals surface area contributed by atoms with Crippen molar-refractivity contribution in [1.29, 1.82) is 0 Å². The maximum absolute atomic E-state index is 12.3. The fourth-order valence-electron chi connectivity index (χ4n) is 1.99. The average Bonchev–Trinajstić information content (AvgIpc) is 2.54. The molecule has 1 aromatic carbocycles. The smallest absolute Gasteiger partial charge is 0.337 e. The Balaban J connectivity index is 2.78. The van der Waals surface area contributed by atoms with Gasteiger partial charge in [0.05, 0.1) is 23.2 Å². The summed E-state index contributed by atoms with van der Waals surface area (Å²) in [4.78, 5) is 11.3. The van der Waals surface area contributed by atoms with Gasteiger partial charge in [-0.05, 0) is 38.5 Å². The summed E-state index contributed by atoms with van der Waals surface area (Å²) in [5, 5.41) is 12.2. The highest BCUT2D eigenvalue weighted by Crippen LogP contribution is 2.20. The molecular weight excluding hydrogens is 348 g/mol. The van der Waals surface area contributed by atoms with Gasteiger partial charge in [-0.1, -0.05) is 0 Å². The van der Waals surface area contributed by atoms with E-state index in [1.54, 1.807) is 0 Å². The molecule has 9 heteroatoms. The molecular formula is C16H26N2O6S. The first-order valence-electron chi connectivity index (χ1n) is 7.99. The molecule has 0 radical (unpaired) electrons. The first kappa shape index (κ1) is 21.4. The van der Waals surface area contributed by atoms with Crippen molar-refractivity contribution >= 4 is 21.7 Å². The van der Waals surface area contributed by atoms with Crippen molar-refractivity contribution in [3.05, 3.63) is 23.8 Å². The lowest BCUT2D eigenvalue weighted by Crippen LogP contribution is -2.26. The topological polar surface area (TPSA) is 114 Å². The fourth-order valence-corrected chi connectivity index (χ4v) is 3.09. The predicted molar refractivity (Wildman–Crippen MR) is 94.7 cm³/mol. The van der Waals surface area contributed by atoms with Crippen molar-refractivity contribution in [3.63, 3.8) is 0 Å². The molecule has 0 atom stereocenters. The van der Waals surface area contributed by atoms with E-state index in [0.29, 0.717) is 31.9 Å². The third kappa shape index (κ3) is 7.39. The van der Waals surface area contributed by atoms with Crippen molar-refractivity contribution in [2.24, 2.45) is 0 Å². The number of hydrogen-bond acceptors (Lipinski definition) is 6. The van der Waals surface area contributed by atoms with Crippen LogP contribution in [0.5, 0.6) is 0 Å². The molecule has 0 saturated carbocycles. The molecule has 1 aromatic rings. The van der Waals surface area contributed by atoms with Crippen LogP contribution in [0.2, 0.25) is 0 Å². The molecule has 0 amide bonds. The Morgan fingerprint density at radius 2 is 1.96 bits per heavy atom. The summed E-state index contributed by atoms with van der Waals surface area (Å²) < 4.78 is 37.3. The van der Waals surface area contributed by atoms with Crippen molar-refractivity contribution in [3.8, 4) is 0 Å². The Labute approximate surface area is 148 Å². The Kier molecular flexibility index (Phi) is 8.84. The summed E-state index contributed by atoms with van der Waals surface area (Å²) in [5.74, 6) is -1.21. The largest absolute Gasteiger partial charge is 0.478 e. The monoisotopic (exact) mass is 374 g/mol. The van der Waals surface area contributed by atoms with Gasteiger partial charge in [-0.25, -0.2) is 17.9 Å². The maximum Gasteiger partial charge on any atom is 0.337 e. The van der Waals surface area contributed by atoms with E-state index < -0.39 is 16.0 Å². The zero-order valence-electron chi connectivity index (χ0n) is 14.7. The van der Waals surface area contributed by atoms with Crippen molar-refractivity contribution < 1.29 is 27.8 Å². The van der Waals surface area contributed by atoms with Crippen LogP contribution in [0.4, 0.5) is 5.69 Å². The van der Waals surface area contributed by atoms with Crippen LogP contribution < -0.4 is 10.0 Å². The number of carbonyl (C=O) groups is 1. The van der Waals surface area contributed by atoms with Gasteiger partial charge in [0.15, 0.2) is 0 Å². The second-order valence-corrected chi connectivity index (χ2v) is 7.37. The van der Waals surface area contributed by atoms with Crippen molar-refractivity contribution in [2.75, 3.05) is 38.7 Å². The Morgan fingerprint density at radius 3 is 2.56 bits per heavy atom. The van der Waals surface area contributed by atoms with Gasteiger partial charge in [0.25, 0.3) is 0 Å². The molecule has 0 bridgehead atoms. The summed E-state index contributed by atoms with van der Waals surface area (Å²) in [6.07, 6.45) is 0.618. The molecule has 0 aromatic heterocycles. The minimum atomic E-state index is -3.78. The summed E-state index contributed by atoms with van der Waals surface area (Å²) in [7, 11) is -2.25. The number of benzene rings is 1. The Morgan fingerprint density at radius 1 is 1.24 bits per heavy atom. The lowest BCUT2D eigenvalue weighted by atomic mass is 10.2. The molecule has 8 nitrogen and oxygen atoms in total. The summed E-state index contributed by atoms with van der Waals surface area (Å²) in [6.45, 7) is 5.28. The van der Waals surface area contributed by atoms with Gasteiger partial charge in [-0.15, -0.1) is 0 Å². The van der Waals surface area contributed by atoms with E-state index in [2.05, 4.69) is 10.0 Å². The quantitative estimate of drug-likeness (QED) is 0.475. The van der Waals surface area contributed by atoms with Crippen LogP contribution in [0, 0.1) is 0 Å². The van der Waals surface area contributed by atoms with E-state index in [1.165, 1.54) is 19.2 Å². The van der Waals surface area contributed by atoms with E-state index in [0.717, 1.165) is 6.07 Å². The lowest BCUT2D eigenvalue weighted by Gasteiger charge is -2.12. The zero-order valence-corrected chi connectivity index (χ0v) is 15.6. The van der Waals surface area contributed by atoms with E-state index >= 15 is 0 Å². The van der Waals surface area contributed by atoms with Gasteiger partial charge in [0.1, 0.15) is 0 Å². The Hall–Kier alpha value is -1.68. The maximum atomic E-state index is 12.3. The van der Waals surface area contributed by atoms with Crippen LogP contribution in [0.3, 0.4) is 0 Å². The van der Waals surface area contributed by atoms with Crippen LogP contribution in [0.25, 0.3) is 0 Å². The molecule has 25 heavy (non-hydrogen) atoms. The van der Waals surface area contributed by atoms with Gasteiger partial charge < -0.3 is 19.9 Å². The minimum Gasteiger partial charge on any atom is -0.478 e. The second-order valence-electron chi connectivity index (χ2n) is 5.60. The first-order chi connectivity index (χ1) is 11.8. The third-order valence-electron chi connectivity index (χ3n) is 3.22. The van der Waals surface area contributed by atoms with Crippen molar-refractivity contribution in [2.45, 2.75) is 31.3 Å². The highest BCUT2D eigenvalue weighted by molar-refractivity contribution is 7.89. The molecule has 142 valence electrons. The molecule has 1 rings (SSSR count). The molecule has 0 aliphatic rings. The lowest BCUT2D eigenvalue weighted by molar-refractivity contribution is 0.0697. The molecule has 0 aliphatic heterocycles. The molecule has 0 spiro atoms. The molecule has 0 heterocycles. The number of hydrogen-bond donors (Lipinski definition) is 3. The number of carboxylic acids is 1. The summed E-state index contributed by atoms with van der Waals surface area (Å²) in [5.41, 5.74) is 0.232. The molecule has 3 N–H and O–H groups in total. The Bertz CT molecular complexity index is 661. The number of carboxylic acid groups (broad SMARTS) is 1. The van der Waals surface area contributed by atoms with E-state index in [9.17, 15) is 18.3 Å². The van der Waals surface area contributed by atoms with Crippen LogP contribution >= 0.6 is 0 Å². The SMILES string of the molecule is COCCNc1ccc(S(=O)(=O)NCCCOC(C)C)cc1C(=O)O. The number of nitrogens with one attached hydrogen (secondary N) is 2. The number of methoxy groups -OCH3 is 1. The first-order valence-corrected chi connectivity index (χ1v) is 9.47. The average molecular weight is 374 g/mol. The zero-order chi connectivity index (χ0) is 18.9. The second kappa shape index (κ2) is 10.3. The minimum absolute atomic E-state index is 0.0906. The molecule has 0 fully saturated rings. The standard InChI is InChI=1S/C16H26N2O6S/c1-12(2)24-9-4-7-18-25(21,22)13-5-6-15(17-8-10-23-3)14(11-13)16(19)20/h5-6,11-12,17-18H,4,7-10H2,1-3H3,(H,19,20). The number of anilines is 1. The highest BCUT2D eigenvalue weighted by Gasteiger charge is 2.18. The van der Waals surface area contributed by atoms with E-state index in [4.69, 9.17) is 9.47 Å². The number of aromatic carboxylic acids is 1. The predicted octanol–water partition coefficient (Wildman–Crippen LogP) is 1.54. The van der Waals surface area contributed by atoms with Gasteiger partial charge >= 0.3 is 5.97 Å². The number of rotatable bonds is 12. The molecule has 0 aliphatic carbocycles. The normalized spacial score (nSPS) is 11.7. The van der Waals surface area contributed by atoms with Crippen LogP contribution in [-0.2, 0) is 19.5 Å². The summed E-state index contributed by atoms with van der Waals surface area (Å²) in [6, 6.07) is 3.95. The van der Waals surface area contributed by atoms with Crippen LogP contribution in [0.15, 0.2) is 23.1 Å².